The summed E-state index contributed by atoms with van der Waals surface area (Å²) < 4.78 is 0. The summed E-state index contributed by atoms with van der Waals surface area (Å²) in [6, 6.07) is 41.1. The average Bonchev–Trinajstić information content (AvgIpc) is 2.77. The zero-order valence-corrected chi connectivity index (χ0v) is 16.8. The summed E-state index contributed by atoms with van der Waals surface area (Å²) in [4.78, 5) is 14.1. The molecule has 0 aromatic heterocycles. The second kappa shape index (κ2) is 10.9. The minimum absolute atomic E-state index is 0.000833. The highest BCUT2D eigenvalue weighted by Gasteiger charge is 2.27. The number of carboxylic acid groups (broad SMARTS) is 1. The highest BCUT2D eigenvalue weighted by molar-refractivity contribution is 7.97. The van der Waals surface area contributed by atoms with Gasteiger partial charge in [-0.1, -0.05) is 84.9 Å². The molecule has 4 aromatic rings. The van der Waals surface area contributed by atoms with Crippen LogP contribution >= 0.6 is 0 Å². The second-order valence-corrected chi connectivity index (χ2v) is 8.31. The van der Waals surface area contributed by atoms with Gasteiger partial charge in [-0.3, -0.25) is 0 Å². The summed E-state index contributed by atoms with van der Waals surface area (Å²) in [6.45, 7) is 0. The largest absolute Gasteiger partial charge is 0.550 e. The summed E-state index contributed by atoms with van der Waals surface area (Å²) in [7, 11) is -0.0146. The van der Waals surface area contributed by atoms with E-state index >= 15 is 0 Å². The van der Waals surface area contributed by atoms with E-state index in [9.17, 15) is 9.90 Å². The molecule has 0 fully saturated rings. The Morgan fingerprint density at radius 3 is 1.17 bits per heavy atom. The smallest absolute Gasteiger partial charge is 0.166 e. The number of benzene rings is 4. The molecule has 0 N–H and O–H groups in total. The van der Waals surface area contributed by atoms with E-state index in [1.165, 1.54) is 14.7 Å². The molecule has 0 aliphatic carbocycles. The van der Waals surface area contributed by atoms with Crippen molar-refractivity contribution in [2.45, 2.75) is 21.1 Å². The molecule has 0 heterocycles. The van der Waals surface area contributed by atoms with Gasteiger partial charge in [0.2, 0.25) is 0 Å². The van der Waals surface area contributed by atoms with E-state index in [0.29, 0.717) is 0 Å². The van der Waals surface area contributed by atoms with Crippen LogP contribution in [0, 0.1) is 0 Å². The summed E-state index contributed by atoms with van der Waals surface area (Å²) in [6.07, 6.45) is 0.000833. The van der Waals surface area contributed by atoms with E-state index in [4.69, 9.17) is 0 Å². The first-order valence-corrected chi connectivity index (χ1v) is 10.6. The minimum atomic E-state index is -1.04. The maximum absolute atomic E-state index is 10.1. The lowest BCUT2D eigenvalue weighted by Crippen LogP contribution is -2.24. The van der Waals surface area contributed by atoms with Crippen molar-refractivity contribution in [1.29, 1.82) is 0 Å². The Morgan fingerprint density at radius 1 is 0.552 bits per heavy atom. The molecule has 0 saturated carbocycles. The highest BCUT2D eigenvalue weighted by atomic mass is 32.2. The van der Waals surface area contributed by atoms with Crippen LogP contribution in [0.25, 0.3) is 0 Å². The fourth-order valence-electron chi connectivity index (χ4n) is 2.84. The molecule has 3 heteroatoms. The predicted octanol–water partition coefficient (Wildman–Crippen LogP) is 4.76. The molecule has 0 bridgehead atoms. The Labute approximate surface area is 174 Å². The van der Waals surface area contributed by atoms with Crippen LogP contribution in [0.4, 0.5) is 0 Å². The lowest BCUT2D eigenvalue weighted by molar-refractivity contribution is -0.304. The number of rotatable bonds is 5. The molecule has 0 amide bonds. The Morgan fingerprint density at radius 2 is 0.862 bits per heavy atom. The third kappa shape index (κ3) is 6.37. The van der Waals surface area contributed by atoms with E-state index in [0.717, 1.165) is 5.56 Å². The van der Waals surface area contributed by atoms with Gasteiger partial charge in [-0.2, -0.15) is 0 Å². The first-order valence-electron chi connectivity index (χ1n) is 9.37. The normalized spacial score (nSPS) is 10.1. The molecule has 4 aromatic carbocycles. The first-order chi connectivity index (χ1) is 14.2. The van der Waals surface area contributed by atoms with E-state index in [1.807, 2.05) is 6.07 Å². The zero-order chi connectivity index (χ0) is 20.3. The van der Waals surface area contributed by atoms with Crippen LogP contribution in [0.5, 0.6) is 0 Å². The molecule has 29 heavy (non-hydrogen) atoms. The monoisotopic (exact) mass is 398 g/mol. The van der Waals surface area contributed by atoms with Gasteiger partial charge >= 0.3 is 0 Å². The van der Waals surface area contributed by atoms with Gasteiger partial charge in [0.1, 0.15) is 0 Å². The molecule has 0 saturated heterocycles. The van der Waals surface area contributed by atoms with E-state index in [-0.39, 0.29) is 17.3 Å². The van der Waals surface area contributed by atoms with Crippen molar-refractivity contribution in [3.05, 3.63) is 127 Å². The molecular weight excluding hydrogens is 376 g/mol. The molecule has 0 aliphatic heterocycles. The van der Waals surface area contributed by atoms with Crippen LogP contribution in [0.2, 0.25) is 0 Å². The Balaban J connectivity index is 0.000000204. The Hall–Kier alpha value is -3.30. The van der Waals surface area contributed by atoms with Crippen molar-refractivity contribution in [2.75, 3.05) is 0 Å². The maximum atomic E-state index is 10.1. The van der Waals surface area contributed by atoms with Crippen molar-refractivity contribution in [2.24, 2.45) is 0 Å². The zero-order valence-electron chi connectivity index (χ0n) is 16.0. The lowest BCUT2D eigenvalue weighted by atomic mass is 10.2. The summed E-state index contributed by atoms with van der Waals surface area (Å²) in [5, 5.41) is 10.1. The maximum Gasteiger partial charge on any atom is 0.166 e. The quantitative estimate of drug-likeness (QED) is 0.455. The van der Waals surface area contributed by atoms with Crippen LogP contribution in [-0.2, 0) is 22.1 Å². The van der Waals surface area contributed by atoms with Crippen molar-refractivity contribution in [3.8, 4) is 0 Å². The van der Waals surface area contributed by atoms with Gasteiger partial charge in [-0.15, -0.1) is 0 Å². The van der Waals surface area contributed by atoms with Crippen molar-refractivity contribution >= 4 is 16.9 Å². The molecule has 0 radical (unpaired) electrons. The fraction of sp³-hybridized carbons (Fsp3) is 0.0385. The summed E-state index contributed by atoms with van der Waals surface area (Å²) in [5.41, 5.74) is 0.780. The molecular formula is C26H22O2S. The van der Waals surface area contributed by atoms with Crippen LogP contribution in [0.15, 0.2) is 136 Å². The molecule has 0 aliphatic rings. The lowest BCUT2D eigenvalue weighted by Gasteiger charge is -2.07. The number of aliphatic carboxylic acids is 1. The van der Waals surface area contributed by atoms with E-state index in [2.05, 4.69) is 91.0 Å². The molecule has 4 rings (SSSR count). The standard InChI is InChI=1S/C18H15S.C8H8O2/c1-4-10-16(11-5-1)19(17-12-6-2-7-13-17)18-14-8-3-9-15-18;9-8(10)6-7-4-2-1-3-5-7/h1-15H;1-5H,6H2,(H,9,10)/q+1;/p-1. The molecule has 2 nitrogen and oxygen atoms in total. The van der Waals surface area contributed by atoms with Gasteiger partial charge in [0, 0.05) is 12.4 Å². The van der Waals surface area contributed by atoms with E-state index in [1.54, 1.807) is 24.3 Å². The van der Waals surface area contributed by atoms with E-state index < -0.39 is 5.97 Å². The molecule has 144 valence electrons. The third-order valence-electron chi connectivity index (χ3n) is 4.13. The summed E-state index contributed by atoms with van der Waals surface area (Å²) in [5.74, 6) is -1.04. The van der Waals surface area contributed by atoms with Crippen LogP contribution in [-0.4, -0.2) is 5.97 Å². The number of carbonyl (C=O) groups is 1. The van der Waals surface area contributed by atoms with Gasteiger partial charge < -0.3 is 9.90 Å². The topological polar surface area (TPSA) is 40.1 Å². The van der Waals surface area contributed by atoms with Crippen LogP contribution in [0.3, 0.4) is 0 Å². The van der Waals surface area contributed by atoms with Crippen molar-refractivity contribution in [1.82, 2.24) is 0 Å². The van der Waals surface area contributed by atoms with Gasteiger partial charge in [-0.25, -0.2) is 0 Å². The third-order valence-corrected chi connectivity index (χ3v) is 6.36. The molecule has 0 unspecified atom stereocenters. The van der Waals surface area contributed by atoms with Gasteiger partial charge in [0.05, 0.1) is 10.9 Å². The predicted molar refractivity (Wildman–Crippen MR) is 117 cm³/mol. The van der Waals surface area contributed by atoms with Gasteiger partial charge in [0.25, 0.3) is 0 Å². The Bertz CT molecular complexity index is 894. The second-order valence-electron chi connectivity index (χ2n) is 6.28. The first kappa shape index (κ1) is 20.4. The van der Waals surface area contributed by atoms with Crippen LogP contribution < -0.4 is 5.11 Å². The van der Waals surface area contributed by atoms with Gasteiger partial charge in [-0.05, 0) is 42.0 Å². The van der Waals surface area contributed by atoms with Crippen molar-refractivity contribution in [3.63, 3.8) is 0 Å². The fourth-order valence-corrected chi connectivity index (χ4v) is 4.94. The van der Waals surface area contributed by atoms with Crippen LogP contribution in [0.1, 0.15) is 5.56 Å². The minimum Gasteiger partial charge on any atom is -0.550 e. The Kier molecular flexibility index (Phi) is 7.67. The molecule has 0 spiro atoms. The number of hydrogen-bond donors (Lipinski definition) is 0. The SMILES string of the molecule is O=C([O-])Cc1ccccc1.c1ccc([S+](c2ccccc2)c2ccccc2)cc1. The average molecular weight is 399 g/mol. The highest BCUT2D eigenvalue weighted by Crippen LogP contribution is 2.30. The number of hydrogen-bond acceptors (Lipinski definition) is 2. The van der Waals surface area contributed by atoms with Gasteiger partial charge in [0.15, 0.2) is 14.7 Å². The summed E-state index contributed by atoms with van der Waals surface area (Å²) >= 11 is 0. The van der Waals surface area contributed by atoms with Crippen molar-refractivity contribution < 1.29 is 9.90 Å². The number of carboxylic acids is 1. The molecule has 0 atom stereocenters. The number of carbonyl (C=O) groups excluding carboxylic acids is 1.